The van der Waals surface area contributed by atoms with Crippen molar-refractivity contribution in [3.05, 3.63) is 43.3 Å². The highest BCUT2D eigenvalue weighted by atomic mass is 32.1. The number of H-pyrrole nitrogens is 1. The van der Waals surface area contributed by atoms with Crippen LogP contribution in [0.25, 0.3) is 16.0 Å². The van der Waals surface area contributed by atoms with Gasteiger partial charge in [0.05, 0.1) is 12.8 Å². The lowest BCUT2D eigenvalue weighted by Crippen LogP contribution is -2.18. The highest BCUT2D eigenvalue weighted by Crippen LogP contribution is 2.25. The first-order valence-electron chi connectivity index (χ1n) is 6.02. The van der Waals surface area contributed by atoms with E-state index in [1.807, 2.05) is 24.3 Å². The lowest BCUT2D eigenvalue weighted by Gasteiger charge is -2.07. The molecule has 0 aliphatic heterocycles. The molecule has 2 aromatic heterocycles. The Kier molecular flexibility index (Phi) is 3.52. The van der Waals surface area contributed by atoms with E-state index < -0.39 is 0 Å². The van der Waals surface area contributed by atoms with E-state index in [0.717, 1.165) is 11.4 Å². The standard InChI is InChI=1S/C13H11N3O2S3/c1-15-11(17)9-10(14-12(15)19)16(13(20)21-9)7-4-3-5-8(6-7)18-2/h3-6H,1-2H3,(H,14,19). The Bertz CT molecular complexity index is 1010. The normalized spacial score (nSPS) is 11.0. The van der Waals surface area contributed by atoms with E-state index in [9.17, 15) is 4.79 Å². The monoisotopic (exact) mass is 337 g/mol. The van der Waals surface area contributed by atoms with Crippen molar-refractivity contribution >= 4 is 46.1 Å². The van der Waals surface area contributed by atoms with Crippen molar-refractivity contribution in [2.75, 3.05) is 7.11 Å². The number of fused-ring (bicyclic) bond motifs is 1. The third kappa shape index (κ3) is 2.25. The molecule has 21 heavy (non-hydrogen) atoms. The molecule has 0 spiro atoms. The second-order valence-electron chi connectivity index (χ2n) is 4.38. The Labute approximate surface area is 134 Å². The fraction of sp³-hybridized carbons (Fsp3) is 0.154. The smallest absolute Gasteiger partial charge is 0.273 e. The van der Waals surface area contributed by atoms with Gasteiger partial charge < -0.3 is 9.72 Å². The van der Waals surface area contributed by atoms with E-state index in [1.54, 1.807) is 18.7 Å². The number of aromatic amines is 1. The van der Waals surface area contributed by atoms with Gasteiger partial charge in [0.15, 0.2) is 8.73 Å². The van der Waals surface area contributed by atoms with Crippen molar-refractivity contribution in [3.8, 4) is 11.4 Å². The summed E-state index contributed by atoms with van der Waals surface area (Å²) in [6.07, 6.45) is 0. The van der Waals surface area contributed by atoms with Gasteiger partial charge in [0.1, 0.15) is 16.1 Å². The maximum absolute atomic E-state index is 12.3. The Balaban J connectivity index is 2.43. The first-order valence-corrected chi connectivity index (χ1v) is 7.65. The van der Waals surface area contributed by atoms with Gasteiger partial charge in [-0.2, -0.15) is 0 Å². The molecular weight excluding hydrogens is 326 g/mol. The van der Waals surface area contributed by atoms with Gasteiger partial charge in [0.25, 0.3) is 5.56 Å². The van der Waals surface area contributed by atoms with E-state index in [-0.39, 0.29) is 5.56 Å². The highest BCUT2D eigenvalue weighted by Gasteiger charge is 2.13. The van der Waals surface area contributed by atoms with Crippen LogP contribution in [0.5, 0.6) is 5.75 Å². The second-order valence-corrected chi connectivity index (χ2v) is 6.41. The number of ether oxygens (including phenoxy) is 1. The molecule has 0 unspecified atom stereocenters. The van der Waals surface area contributed by atoms with Gasteiger partial charge >= 0.3 is 0 Å². The lowest BCUT2D eigenvalue weighted by molar-refractivity contribution is 0.414. The molecular formula is C13H11N3O2S3. The molecule has 0 aliphatic carbocycles. The van der Waals surface area contributed by atoms with Crippen molar-refractivity contribution in [1.29, 1.82) is 0 Å². The number of aromatic nitrogens is 3. The van der Waals surface area contributed by atoms with Gasteiger partial charge in [-0.05, 0) is 36.6 Å². The number of nitrogens with one attached hydrogen (secondary N) is 1. The molecule has 0 radical (unpaired) electrons. The van der Waals surface area contributed by atoms with Gasteiger partial charge in [-0.1, -0.05) is 17.4 Å². The van der Waals surface area contributed by atoms with Crippen molar-refractivity contribution in [1.82, 2.24) is 14.1 Å². The molecule has 2 heterocycles. The minimum Gasteiger partial charge on any atom is -0.497 e. The van der Waals surface area contributed by atoms with Crippen LogP contribution >= 0.6 is 35.8 Å². The molecule has 0 aliphatic rings. The molecule has 108 valence electrons. The first-order chi connectivity index (χ1) is 10.0. The maximum Gasteiger partial charge on any atom is 0.273 e. The third-order valence-electron chi connectivity index (χ3n) is 3.15. The largest absolute Gasteiger partial charge is 0.497 e. The zero-order chi connectivity index (χ0) is 15.1. The van der Waals surface area contributed by atoms with Crippen LogP contribution in [-0.2, 0) is 7.05 Å². The van der Waals surface area contributed by atoms with Crippen molar-refractivity contribution in [2.24, 2.45) is 7.05 Å². The molecule has 0 atom stereocenters. The van der Waals surface area contributed by atoms with Crippen LogP contribution in [-0.4, -0.2) is 21.2 Å². The molecule has 0 amide bonds. The van der Waals surface area contributed by atoms with Crippen LogP contribution in [0.2, 0.25) is 0 Å². The Morgan fingerprint density at radius 2 is 2.10 bits per heavy atom. The fourth-order valence-corrected chi connectivity index (χ4v) is 3.60. The summed E-state index contributed by atoms with van der Waals surface area (Å²) in [5.74, 6) is 0.719. The average Bonchev–Trinajstić information content (AvgIpc) is 2.81. The predicted octanol–water partition coefficient (Wildman–Crippen LogP) is 3.19. The van der Waals surface area contributed by atoms with E-state index in [2.05, 4.69) is 4.98 Å². The summed E-state index contributed by atoms with van der Waals surface area (Å²) >= 11 is 11.8. The summed E-state index contributed by atoms with van der Waals surface area (Å²) in [5.41, 5.74) is 1.29. The fourth-order valence-electron chi connectivity index (χ4n) is 2.05. The maximum atomic E-state index is 12.3. The summed E-state index contributed by atoms with van der Waals surface area (Å²) in [5, 5.41) is 0. The second kappa shape index (κ2) is 5.21. The number of benzene rings is 1. The van der Waals surface area contributed by atoms with Crippen molar-refractivity contribution < 1.29 is 4.74 Å². The molecule has 3 aromatic rings. The van der Waals surface area contributed by atoms with E-state index in [4.69, 9.17) is 29.2 Å². The Morgan fingerprint density at radius 3 is 2.81 bits per heavy atom. The molecule has 1 aromatic carbocycles. The van der Waals surface area contributed by atoms with Crippen LogP contribution in [0, 0.1) is 8.73 Å². The summed E-state index contributed by atoms with van der Waals surface area (Å²) in [6.45, 7) is 0. The number of hydrogen-bond donors (Lipinski definition) is 1. The predicted molar refractivity (Wildman–Crippen MR) is 89.0 cm³/mol. The van der Waals surface area contributed by atoms with E-state index in [1.165, 1.54) is 15.9 Å². The van der Waals surface area contributed by atoms with E-state index in [0.29, 0.717) is 19.1 Å². The Morgan fingerprint density at radius 1 is 1.33 bits per heavy atom. The van der Waals surface area contributed by atoms with Crippen LogP contribution < -0.4 is 10.3 Å². The van der Waals surface area contributed by atoms with Crippen LogP contribution in [0.15, 0.2) is 29.1 Å². The molecule has 5 nitrogen and oxygen atoms in total. The molecule has 1 N–H and O–H groups in total. The van der Waals surface area contributed by atoms with Crippen molar-refractivity contribution in [3.63, 3.8) is 0 Å². The zero-order valence-corrected chi connectivity index (χ0v) is 13.7. The van der Waals surface area contributed by atoms with Crippen LogP contribution in [0.1, 0.15) is 0 Å². The minimum absolute atomic E-state index is 0.147. The minimum atomic E-state index is -0.147. The average molecular weight is 337 g/mol. The summed E-state index contributed by atoms with van der Waals surface area (Å²) in [6, 6.07) is 7.48. The SMILES string of the molecule is COc1cccc(-n2c(=S)sc3c(=O)n(C)c(=S)[nH]c32)c1. The molecule has 0 bridgehead atoms. The van der Waals surface area contributed by atoms with Crippen molar-refractivity contribution in [2.45, 2.75) is 0 Å². The molecule has 0 fully saturated rings. The van der Waals surface area contributed by atoms with Crippen LogP contribution in [0.3, 0.4) is 0 Å². The van der Waals surface area contributed by atoms with Gasteiger partial charge in [0, 0.05) is 13.1 Å². The number of thiazole rings is 1. The van der Waals surface area contributed by atoms with Gasteiger partial charge in [-0.3, -0.25) is 13.9 Å². The lowest BCUT2D eigenvalue weighted by atomic mass is 10.3. The quantitative estimate of drug-likeness (QED) is 0.730. The number of hydrogen-bond acceptors (Lipinski definition) is 5. The summed E-state index contributed by atoms with van der Waals surface area (Å²) < 4.78 is 9.92. The summed E-state index contributed by atoms with van der Waals surface area (Å²) in [4.78, 5) is 15.3. The molecule has 3 rings (SSSR count). The van der Waals surface area contributed by atoms with Gasteiger partial charge in [0.2, 0.25) is 0 Å². The number of nitrogens with zero attached hydrogens (tertiary/aromatic N) is 2. The third-order valence-corrected chi connectivity index (χ3v) is 4.89. The van der Waals surface area contributed by atoms with E-state index >= 15 is 0 Å². The van der Waals surface area contributed by atoms with Gasteiger partial charge in [-0.25, -0.2) is 0 Å². The molecule has 8 heteroatoms. The molecule has 0 saturated heterocycles. The molecule has 0 saturated carbocycles. The number of methoxy groups -OCH3 is 1. The van der Waals surface area contributed by atoms with Gasteiger partial charge in [-0.15, -0.1) is 0 Å². The zero-order valence-electron chi connectivity index (χ0n) is 11.2. The Hall–Kier alpha value is -1.77. The summed E-state index contributed by atoms with van der Waals surface area (Å²) in [7, 11) is 3.24. The first kappa shape index (κ1) is 14.2. The highest BCUT2D eigenvalue weighted by molar-refractivity contribution is 7.73. The topological polar surface area (TPSA) is 51.9 Å². The number of rotatable bonds is 2. The van der Waals surface area contributed by atoms with Crippen LogP contribution in [0.4, 0.5) is 0 Å².